The molecule has 0 aliphatic rings. The van der Waals surface area contributed by atoms with E-state index >= 15 is 0 Å². The molecule has 2 unspecified atom stereocenters. The first-order valence-electron chi connectivity index (χ1n) is 5.85. The number of carbonyl (C=O) groups excluding carboxylic acids is 1. The Morgan fingerprint density at radius 1 is 1.50 bits per heavy atom. The fraction of sp³-hybridized carbons (Fsp3) is 0.385. The minimum atomic E-state index is -2.93. The number of carbonyl (C=O) groups is 1. The number of nitriles is 1. The zero-order chi connectivity index (χ0) is 15.1. The molecule has 2 atom stereocenters. The van der Waals surface area contributed by atoms with Crippen LogP contribution in [0.15, 0.2) is 24.3 Å². The number of rotatable bonds is 6. The number of nitrogens with zero attached hydrogens (tertiary/aromatic N) is 1. The minimum Gasteiger partial charge on any atom is -0.480 e. The van der Waals surface area contributed by atoms with Crippen molar-refractivity contribution in [2.75, 3.05) is 6.54 Å². The standard InChI is InChI=1S/C13H14F2N2O3/c1-8(13(19)17-7-10(18)12(14)15)20-11-5-3-2-4-9(11)6-16/h2-5,8,10,12,18H,7H2,1H3,(H,17,19). The molecule has 7 heteroatoms. The van der Waals surface area contributed by atoms with Gasteiger partial charge in [0.15, 0.2) is 6.10 Å². The van der Waals surface area contributed by atoms with E-state index < -0.39 is 31.1 Å². The fourth-order valence-corrected chi connectivity index (χ4v) is 1.34. The van der Waals surface area contributed by atoms with Crippen molar-refractivity contribution in [3.05, 3.63) is 29.8 Å². The Labute approximate surface area is 114 Å². The molecule has 0 radical (unpaired) electrons. The zero-order valence-electron chi connectivity index (χ0n) is 10.7. The van der Waals surface area contributed by atoms with Gasteiger partial charge in [0.05, 0.1) is 5.56 Å². The Kier molecular flexibility index (Phi) is 5.87. The molecule has 0 aliphatic carbocycles. The number of nitrogens with one attached hydrogen (secondary N) is 1. The lowest BCUT2D eigenvalue weighted by atomic mass is 10.2. The highest BCUT2D eigenvalue weighted by molar-refractivity contribution is 5.80. The molecule has 1 aromatic rings. The van der Waals surface area contributed by atoms with Gasteiger partial charge in [-0.25, -0.2) is 8.78 Å². The van der Waals surface area contributed by atoms with Crippen LogP contribution in [0.2, 0.25) is 0 Å². The van der Waals surface area contributed by atoms with Gasteiger partial charge in [-0.2, -0.15) is 5.26 Å². The van der Waals surface area contributed by atoms with Crippen LogP contribution >= 0.6 is 0 Å². The van der Waals surface area contributed by atoms with Gasteiger partial charge < -0.3 is 15.2 Å². The first kappa shape index (κ1) is 15.9. The molecule has 1 rings (SSSR count). The molecule has 0 saturated heterocycles. The highest BCUT2D eigenvalue weighted by Crippen LogP contribution is 2.18. The van der Waals surface area contributed by atoms with E-state index in [2.05, 4.69) is 5.32 Å². The van der Waals surface area contributed by atoms with Crippen molar-refractivity contribution in [1.82, 2.24) is 5.32 Å². The summed E-state index contributed by atoms with van der Waals surface area (Å²) in [6.07, 6.45) is -5.82. The van der Waals surface area contributed by atoms with Crippen molar-refractivity contribution < 1.29 is 23.4 Å². The number of aliphatic hydroxyl groups is 1. The van der Waals surface area contributed by atoms with Gasteiger partial charge in [-0.1, -0.05) is 12.1 Å². The van der Waals surface area contributed by atoms with Crippen LogP contribution in [0.4, 0.5) is 8.78 Å². The second kappa shape index (κ2) is 7.40. The van der Waals surface area contributed by atoms with Crippen molar-refractivity contribution in [2.45, 2.75) is 25.6 Å². The van der Waals surface area contributed by atoms with Gasteiger partial charge in [0, 0.05) is 6.54 Å². The van der Waals surface area contributed by atoms with Crippen LogP contribution in [-0.4, -0.2) is 36.2 Å². The second-order valence-electron chi connectivity index (χ2n) is 4.01. The Bertz CT molecular complexity index is 503. The SMILES string of the molecule is CC(Oc1ccccc1C#N)C(=O)NCC(O)C(F)F. The molecule has 1 amide bonds. The van der Waals surface area contributed by atoms with Crippen molar-refractivity contribution in [1.29, 1.82) is 5.26 Å². The average Bonchev–Trinajstić information content (AvgIpc) is 2.44. The summed E-state index contributed by atoms with van der Waals surface area (Å²) in [6, 6.07) is 8.25. The molecule has 0 aliphatic heterocycles. The van der Waals surface area contributed by atoms with Gasteiger partial charge in [-0.3, -0.25) is 4.79 Å². The topological polar surface area (TPSA) is 82.3 Å². The van der Waals surface area contributed by atoms with Gasteiger partial charge in [0.1, 0.15) is 17.9 Å². The smallest absolute Gasteiger partial charge is 0.265 e. The summed E-state index contributed by atoms with van der Waals surface area (Å²) in [5, 5.41) is 19.9. The molecule has 0 fully saturated rings. The number of amides is 1. The van der Waals surface area contributed by atoms with Crippen LogP contribution in [0.3, 0.4) is 0 Å². The quantitative estimate of drug-likeness (QED) is 0.818. The summed E-state index contributed by atoms with van der Waals surface area (Å²) in [5.41, 5.74) is 0.264. The normalized spacial score (nSPS) is 13.4. The van der Waals surface area contributed by atoms with Gasteiger partial charge in [0.25, 0.3) is 12.3 Å². The van der Waals surface area contributed by atoms with E-state index in [-0.39, 0.29) is 11.3 Å². The molecule has 0 saturated carbocycles. The number of alkyl halides is 2. The number of halogens is 2. The Hall–Kier alpha value is -2.20. The summed E-state index contributed by atoms with van der Waals surface area (Å²) in [6.45, 7) is 0.850. The van der Waals surface area contributed by atoms with Gasteiger partial charge >= 0.3 is 0 Å². The molecule has 20 heavy (non-hydrogen) atoms. The predicted octanol–water partition coefficient (Wildman–Crippen LogP) is 1.07. The fourth-order valence-electron chi connectivity index (χ4n) is 1.34. The lowest BCUT2D eigenvalue weighted by Gasteiger charge is -2.16. The summed E-state index contributed by atoms with van der Waals surface area (Å²) in [7, 11) is 0. The van der Waals surface area contributed by atoms with E-state index in [0.717, 1.165) is 0 Å². The molecule has 2 N–H and O–H groups in total. The lowest BCUT2D eigenvalue weighted by molar-refractivity contribution is -0.128. The molecule has 108 valence electrons. The summed E-state index contributed by atoms with van der Waals surface area (Å²) >= 11 is 0. The molecule has 5 nitrogen and oxygen atoms in total. The number of benzene rings is 1. The van der Waals surface area contributed by atoms with Gasteiger partial charge in [-0.05, 0) is 19.1 Å². The second-order valence-corrected chi connectivity index (χ2v) is 4.01. The van der Waals surface area contributed by atoms with E-state index in [1.54, 1.807) is 12.1 Å². The van der Waals surface area contributed by atoms with Gasteiger partial charge in [-0.15, -0.1) is 0 Å². The van der Waals surface area contributed by atoms with Crippen LogP contribution < -0.4 is 10.1 Å². The third-order valence-corrected chi connectivity index (χ3v) is 2.46. The van der Waals surface area contributed by atoms with Crippen molar-refractivity contribution in [3.63, 3.8) is 0 Å². The Morgan fingerprint density at radius 2 is 2.15 bits per heavy atom. The largest absolute Gasteiger partial charge is 0.480 e. The van der Waals surface area contributed by atoms with Crippen LogP contribution in [0.25, 0.3) is 0 Å². The number of para-hydroxylation sites is 1. The molecular formula is C13H14F2N2O3. The molecular weight excluding hydrogens is 270 g/mol. The van der Waals surface area contributed by atoms with Crippen molar-refractivity contribution in [3.8, 4) is 11.8 Å². The van der Waals surface area contributed by atoms with E-state index in [1.165, 1.54) is 19.1 Å². The Morgan fingerprint density at radius 3 is 2.75 bits per heavy atom. The predicted molar refractivity (Wildman–Crippen MR) is 66.3 cm³/mol. The maximum absolute atomic E-state index is 12.1. The Balaban J connectivity index is 2.56. The summed E-state index contributed by atoms with van der Waals surface area (Å²) in [5.74, 6) is -0.426. The average molecular weight is 284 g/mol. The molecule has 0 spiro atoms. The van der Waals surface area contributed by atoms with Crippen molar-refractivity contribution >= 4 is 5.91 Å². The minimum absolute atomic E-state index is 0.229. The number of hydrogen-bond donors (Lipinski definition) is 2. The monoisotopic (exact) mass is 284 g/mol. The zero-order valence-corrected chi connectivity index (χ0v) is 10.7. The maximum Gasteiger partial charge on any atom is 0.265 e. The van der Waals surface area contributed by atoms with Crippen LogP contribution in [0.1, 0.15) is 12.5 Å². The number of aliphatic hydroxyl groups excluding tert-OH is 1. The highest BCUT2D eigenvalue weighted by atomic mass is 19.3. The number of hydrogen-bond acceptors (Lipinski definition) is 4. The highest BCUT2D eigenvalue weighted by Gasteiger charge is 2.21. The first-order valence-corrected chi connectivity index (χ1v) is 5.85. The lowest BCUT2D eigenvalue weighted by Crippen LogP contribution is -2.42. The van der Waals surface area contributed by atoms with Crippen LogP contribution in [-0.2, 0) is 4.79 Å². The number of ether oxygens (including phenoxy) is 1. The first-order chi connectivity index (χ1) is 9.45. The molecule has 0 heterocycles. The summed E-state index contributed by atoms with van der Waals surface area (Å²) in [4.78, 5) is 11.6. The third-order valence-electron chi connectivity index (χ3n) is 2.46. The van der Waals surface area contributed by atoms with Crippen LogP contribution in [0.5, 0.6) is 5.75 Å². The third kappa shape index (κ3) is 4.48. The van der Waals surface area contributed by atoms with E-state index in [9.17, 15) is 13.6 Å². The summed E-state index contributed by atoms with van der Waals surface area (Å²) < 4.78 is 29.4. The van der Waals surface area contributed by atoms with E-state index in [1.807, 2.05) is 6.07 Å². The van der Waals surface area contributed by atoms with Crippen LogP contribution in [0, 0.1) is 11.3 Å². The molecule has 0 aromatic heterocycles. The van der Waals surface area contributed by atoms with E-state index in [0.29, 0.717) is 0 Å². The molecule has 0 bridgehead atoms. The van der Waals surface area contributed by atoms with E-state index in [4.69, 9.17) is 15.1 Å². The molecule has 1 aromatic carbocycles. The van der Waals surface area contributed by atoms with Crippen molar-refractivity contribution in [2.24, 2.45) is 0 Å². The maximum atomic E-state index is 12.1. The van der Waals surface area contributed by atoms with Gasteiger partial charge in [0.2, 0.25) is 0 Å².